The highest BCUT2D eigenvalue weighted by Crippen LogP contribution is 2.40. The Morgan fingerprint density at radius 3 is 2.56 bits per heavy atom. The molecule has 0 unspecified atom stereocenters. The van der Waals surface area contributed by atoms with Crippen LogP contribution in [-0.4, -0.2) is 68.0 Å². The summed E-state index contributed by atoms with van der Waals surface area (Å²) in [4.78, 5) is 46.9. The number of carbonyl (C=O) groups is 2. The summed E-state index contributed by atoms with van der Waals surface area (Å²) in [6.07, 6.45) is 1.78. The fourth-order valence-corrected chi connectivity index (χ4v) is 6.71. The summed E-state index contributed by atoms with van der Waals surface area (Å²) >= 11 is 1.25. The van der Waals surface area contributed by atoms with E-state index in [1.807, 2.05) is 48.5 Å². The Balaban J connectivity index is 1.39. The van der Waals surface area contributed by atoms with Crippen LogP contribution < -0.4 is 24.4 Å². The van der Waals surface area contributed by atoms with Crippen LogP contribution in [0.15, 0.2) is 81.7 Å². The Morgan fingerprint density at radius 2 is 1.82 bits per heavy atom. The number of thiazole rings is 1. The topological polar surface area (TPSA) is 109 Å². The van der Waals surface area contributed by atoms with Gasteiger partial charge in [-0.1, -0.05) is 53.8 Å². The van der Waals surface area contributed by atoms with Crippen LogP contribution in [0.3, 0.4) is 0 Å². The van der Waals surface area contributed by atoms with Gasteiger partial charge in [0.1, 0.15) is 17.5 Å². The van der Waals surface area contributed by atoms with Crippen molar-refractivity contribution >= 4 is 40.1 Å². The van der Waals surface area contributed by atoms with E-state index in [1.54, 1.807) is 48.6 Å². The third-order valence-electron chi connectivity index (χ3n) is 7.85. The quantitative estimate of drug-likeness (QED) is 0.276. The van der Waals surface area contributed by atoms with Crippen LogP contribution in [0.25, 0.3) is 16.8 Å². The minimum Gasteiger partial charge on any atom is -0.496 e. The molecule has 45 heavy (non-hydrogen) atoms. The van der Waals surface area contributed by atoms with Crippen LogP contribution in [0.4, 0.5) is 0 Å². The Bertz CT molecular complexity index is 1970. The van der Waals surface area contributed by atoms with Gasteiger partial charge in [0.25, 0.3) is 11.5 Å². The van der Waals surface area contributed by atoms with Gasteiger partial charge in [0.2, 0.25) is 0 Å². The van der Waals surface area contributed by atoms with E-state index in [0.29, 0.717) is 64.0 Å². The zero-order chi connectivity index (χ0) is 31.5. The molecule has 0 bridgehead atoms. The van der Waals surface area contributed by atoms with Crippen LogP contribution in [0.5, 0.6) is 11.5 Å². The summed E-state index contributed by atoms with van der Waals surface area (Å²) in [6.45, 7) is 5.82. The average Bonchev–Trinajstić information content (AvgIpc) is 3.37. The number of hydrogen-bond acceptors (Lipinski definition) is 9. The molecular formula is C34H33N3O7S. The van der Waals surface area contributed by atoms with Crippen molar-refractivity contribution in [3.8, 4) is 11.5 Å². The number of fused-ring (bicyclic) bond motifs is 2. The molecule has 0 aliphatic carbocycles. The zero-order valence-electron chi connectivity index (χ0n) is 25.3. The van der Waals surface area contributed by atoms with Crippen LogP contribution in [0.2, 0.25) is 0 Å². The molecule has 4 aromatic rings. The molecule has 11 heteroatoms. The summed E-state index contributed by atoms with van der Waals surface area (Å²) in [5.41, 5.74) is 1.94. The minimum absolute atomic E-state index is 0.0578. The minimum atomic E-state index is -0.816. The first-order valence-corrected chi connectivity index (χ1v) is 15.5. The number of amides is 1. The largest absolute Gasteiger partial charge is 0.496 e. The first kappa shape index (κ1) is 30.3. The molecule has 3 aromatic carbocycles. The molecule has 0 N–H and O–H groups in total. The molecule has 0 radical (unpaired) electrons. The molecule has 0 spiro atoms. The number of esters is 1. The number of methoxy groups -OCH3 is 1. The lowest BCUT2D eigenvalue weighted by Crippen LogP contribution is -2.42. The van der Waals surface area contributed by atoms with E-state index in [4.69, 9.17) is 23.9 Å². The fourth-order valence-electron chi connectivity index (χ4n) is 5.66. The first-order chi connectivity index (χ1) is 21.9. The number of aromatic nitrogens is 1. The molecule has 1 saturated heterocycles. The Kier molecular flexibility index (Phi) is 8.81. The number of rotatable bonds is 8. The molecule has 2 aliphatic rings. The molecule has 1 amide bonds. The lowest BCUT2D eigenvalue weighted by Gasteiger charge is -2.27. The SMILES string of the molecule is CCOC(=O)C1=C(C)N=c2s/c(=C/c3ccc(OCC(=O)N4CCOCC4)cc3)c(=O)n2[C@H]1c1c(OC)ccc2ccccc12. The molecule has 3 heterocycles. The average molecular weight is 628 g/mol. The Labute approximate surface area is 263 Å². The lowest BCUT2D eigenvalue weighted by atomic mass is 9.90. The Hall–Kier alpha value is -4.74. The van der Waals surface area contributed by atoms with E-state index >= 15 is 0 Å². The monoisotopic (exact) mass is 627 g/mol. The van der Waals surface area contributed by atoms with Gasteiger partial charge >= 0.3 is 5.97 Å². The van der Waals surface area contributed by atoms with Crippen molar-refractivity contribution < 1.29 is 28.5 Å². The van der Waals surface area contributed by atoms with Gasteiger partial charge in [0, 0.05) is 18.7 Å². The van der Waals surface area contributed by atoms with Crippen molar-refractivity contribution in [2.24, 2.45) is 4.99 Å². The third-order valence-corrected chi connectivity index (χ3v) is 8.83. The van der Waals surface area contributed by atoms with E-state index in [9.17, 15) is 14.4 Å². The molecule has 232 valence electrons. The highest BCUT2D eigenvalue weighted by molar-refractivity contribution is 7.07. The Morgan fingerprint density at radius 1 is 1.07 bits per heavy atom. The van der Waals surface area contributed by atoms with Crippen molar-refractivity contribution in [3.05, 3.63) is 103 Å². The van der Waals surface area contributed by atoms with Gasteiger partial charge < -0.3 is 23.8 Å². The van der Waals surface area contributed by atoms with Crippen molar-refractivity contribution in [1.29, 1.82) is 0 Å². The van der Waals surface area contributed by atoms with Crippen LogP contribution in [-0.2, 0) is 19.1 Å². The second kappa shape index (κ2) is 13.1. The first-order valence-electron chi connectivity index (χ1n) is 14.7. The summed E-state index contributed by atoms with van der Waals surface area (Å²) in [6, 6.07) is 18.0. The summed E-state index contributed by atoms with van der Waals surface area (Å²) < 4.78 is 24.3. The van der Waals surface area contributed by atoms with E-state index < -0.39 is 12.0 Å². The highest BCUT2D eigenvalue weighted by Gasteiger charge is 2.36. The smallest absolute Gasteiger partial charge is 0.338 e. The number of morpholine rings is 1. The maximum absolute atomic E-state index is 14.2. The van der Waals surface area contributed by atoms with Gasteiger partial charge in [-0.3, -0.25) is 14.2 Å². The van der Waals surface area contributed by atoms with Gasteiger partial charge in [0.05, 0.1) is 42.7 Å². The lowest BCUT2D eigenvalue weighted by molar-refractivity contribution is -0.139. The predicted octanol–water partition coefficient (Wildman–Crippen LogP) is 3.20. The standard InChI is InChI=1S/C34H33N3O7S/c1-4-43-33(40)29-21(2)35-34-37(31(29)30-25-8-6-5-7-23(25)11-14-26(30)41-3)32(39)27(45-34)19-22-9-12-24(13-10-22)44-20-28(38)36-15-17-42-18-16-36/h5-14,19,31H,4,15-18,20H2,1-3H3/b27-19+/t31-/m1/s1. The van der Waals surface area contributed by atoms with E-state index in [1.165, 1.54) is 11.3 Å². The molecule has 1 aromatic heterocycles. The van der Waals surface area contributed by atoms with Crippen molar-refractivity contribution in [2.75, 3.05) is 46.6 Å². The molecule has 2 aliphatic heterocycles. The molecule has 6 rings (SSSR count). The molecular weight excluding hydrogens is 594 g/mol. The summed E-state index contributed by atoms with van der Waals surface area (Å²) in [7, 11) is 1.57. The fraction of sp³-hybridized carbons (Fsp3) is 0.294. The maximum Gasteiger partial charge on any atom is 0.338 e. The zero-order valence-corrected chi connectivity index (χ0v) is 26.1. The number of nitrogens with zero attached hydrogens (tertiary/aromatic N) is 3. The summed E-state index contributed by atoms with van der Waals surface area (Å²) in [5.74, 6) is 0.481. The molecule has 10 nitrogen and oxygen atoms in total. The van der Waals surface area contributed by atoms with Crippen molar-refractivity contribution in [1.82, 2.24) is 9.47 Å². The van der Waals surface area contributed by atoms with Gasteiger partial charge in [-0.05, 0) is 54.5 Å². The third kappa shape index (κ3) is 6.01. The van der Waals surface area contributed by atoms with Crippen molar-refractivity contribution in [3.63, 3.8) is 0 Å². The van der Waals surface area contributed by atoms with Gasteiger partial charge in [-0.15, -0.1) is 0 Å². The van der Waals surface area contributed by atoms with Crippen molar-refractivity contribution in [2.45, 2.75) is 19.9 Å². The number of hydrogen-bond donors (Lipinski definition) is 0. The molecule has 1 atom stereocenters. The number of benzene rings is 3. The molecule has 0 saturated carbocycles. The summed E-state index contributed by atoms with van der Waals surface area (Å²) in [5, 5.41) is 1.80. The second-order valence-electron chi connectivity index (χ2n) is 10.6. The maximum atomic E-state index is 14.2. The highest BCUT2D eigenvalue weighted by atomic mass is 32.1. The van der Waals surface area contributed by atoms with Gasteiger partial charge in [0.15, 0.2) is 11.4 Å². The predicted molar refractivity (Wildman–Crippen MR) is 170 cm³/mol. The van der Waals surface area contributed by atoms with E-state index in [2.05, 4.69) is 0 Å². The normalized spacial score (nSPS) is 16.7. The number of ether oxygens (including phenoxy) is 4. The van der Waals surface area contributed by atoms with E-state index in [0.717, 1.165) is 16.3 Å². The van der Waals surface area contributed by atoms with Crippen LogP contribution in [0.1, 0.15) is 31.0 Å². The van der Waals surface area contributed by atoms with Gasteiger partial charge in [-0.2, -0.15) is 0 Å². The van der Waals surface area contributed by atoms with Crippen LogP contribution >= 0.6 is 11.3 Å². The second-order valence-corrected chi connectivity index (χ2v) is 11.6. The van der Waals surface area contributed by atoms with Crippen LogP contribution in [0, 0.1) is 0 Å². The van der Waals surface area contributed by atoms with E-state index in [-0.39, 0.29) is 24.7 Å². The van der Waals surface area contributed by atoms with Gasteiger partial charge in [-0.25, -0.2) is 9.79 Å². The molecule has 1 fully saturated rings. The number of carbonyl (C=O) groups excluding carboxylic acids is 2. The number of allylic oxidation sites excluding steroid dienone is 1.